The molecule has 0 aromatic carbocycles. The molecule has 0 fully saturated rings. The molecule has 0 atom stereocenters. The van der Waals surface area contributed by atoms with Crippen LogP contribution in [0.4, 0.5) is 0 Å². The molecule has 1 heterocycles. The summed E-state index contributed by atoms with van der Waals surface area (Å²) in [6.07, 6.45) is 0. The van der Waals surface area contributed by atoms with E-state index in [0.717, 1.165) is 0 Å². The lowest BCUT2D eigenvalue weighted by molar-refractivity contribution is 0.321. The van der Waals surface area contributed by atoms with Crippen LogP contribution >= 0.6 is 11.8 Å². The van der Waals surface area contributed by atoms with Crippen LogP contribution in [0, 0.1) is 6.92 Å². The maximum absolute atomic E-state index is 8.42. The van der Waals surface area contributed by atoms with E-state index in [1.54, 1.807) is 6.92 Å². The zero-order valence-corrected chi connectivity index (χ0v) is 6.39. The lowest BCUT2D eigenvalue weighted by atomic mass is 10.8. The minimum atomic E-state index is 0.131. The van der Waals surface area contributed by atoms with Crippen LogP contribution in [0.3, 0.4) is 0 Å². The Morgan fingerprint density at radius 3 is 2.90 bits per heavy atom. The second-order valence-electron chi connectivity index (χ2n) is 1.66. The molecule has 0 bridgehead atoms. The summed E-state index contributed by atoms with van der Waals surface area (Å²) < 4.78 is 5.02. The van der Waals surface area contributed by atoms with Crippen LogP contribution in [0.5, 0.6) is 0 Å². The van der Waals surface area contributed by atoms with Crippen molar-refractivity contribution in [1.82, 2.24) is 10.2 Å². The van der Waals surface area contributed by atoms with Crippen molar-refractivity contribution in [3.63, 3.8) is 0 Å². The molecule has 56 valence electrons. The third-order valence-corrected chi connectivity index (χ3v) is 1.62. The minimum absolute atomic E-state index is 0.131. The maximum atomic E-state index is 8.42. The van der Waals surface area contributed by atoms with E-state index in [9.17, 15) is 0 Å². The highest BCUT2D eigenvalue weighted by molar-refractivity contribution is 7.99. The fourth-order valence-corrected chi connectivity index (χ4v) is 1.01. The topological polar surface area (TPSA) is 59.2 Å². The number of hydrogen-bond donors (Lipinski definition) is 1. The Bertz CT molecular complexity index is 201. The Kier molecular flexibility index (Phi) is 2.70. The summed E-state index contributed by atoms with van der Waals surface area (Å²) in [5.41, 5.74) is 0. The first-order valence-electron chi connectivity index (χ1n) is 2.86. The van der Waals surface area contributed by atoms with E-state index in [1.807, 2.05) is 0 Å². The van der Waals surface area contributed by atoms with Gasteiger partial charge in [-0.1, -0.05) is 11.8 Å². The zero-order valence-electron chi connectivity index (χ0n) is 5.57. The molecule has 0 spiro atoms. The summed E-state index contributed by atoms with van der Waals surface area (Å²) in [4.78, 5) is 0. The molecule has 1 aromatic rings. The highest BCUT2D eigenvalue weighted by Gasteiger charge is 2.00. The van der Waals surface area contributed by atoms with E-state index < -0.39 is 0 Å². The average Bonchev–Trinajstić information content (AvgIpc) is 2.31. The van der Waals surface area contributed by atoms with Gasteiger partial charge in [0.25, 0.3) is 5.22 Å². The SMILES string of the molecule is Cc1nnc(SCCO)o1. The standard InChI is InChI=1S/C5H8N2O2S/c1-4-6-7-5(9-4)10-3-2-8/h8H,2-3H2,1H3. The van der Waals surface area contributed by atoms with Gasteiger partial charge in [-0.15, -0.1) is 10.2 Å². The molecule has 0 aliphatic carbocycles. The van der Waals surface area contributed by atoms with Crippen LogP contribution in [0.25, 0.3) is 0 Å². The first kappa shape index (κ1) is 7.56. The van der Waals surface area contributed by atoms with E-state index in [0.29, 0.717) is 16.9 Å². The molecule has 0 saturated carbocycles. The minimum Gasteiger partial charge on any atom is -0.416 e. The average molecular weight is 160 g/mol. The Morgan fingerprint density at radius 1 is 1.60 bits per heavy atom. The number of aromatic nitrogens is 2. The van der Waals surface area contributed by atoms with Gasteiger partial charge in [0, 0.05) is 12.7 Å². The summed E-state index contributed by atoms with van der Waals surface area (Å²) in [6, 6.07) is 0. The van der Waals surface area contributed by atoms with Crippen molar-refractivity contribution < 1.29 is 9.52 Å². The summed E-state index contributed by atoms with van der Waals surface area (Å²) in [5.74, 6) is 1.15. The number of thioether (sulfide) groups is 1. The number of nitrogens with zero attached hydrogens (tertiary/aromatic N) is 2. The van der Waals surface area contributed by atoms with E-state index in [-0.39, 0.29) is 6.61 Å². The number of rotatable bonds is 3. The van der Waals surface area contributed by atoms with Gasteiger partial charge in [-0.25, -0.2) is 0 Å². The van der Waals surface area contributed by atoms with Gasteiger partial charge in [-0.05, 0) is 0 Å². The summed E-state index contributed by atoms with van der Waals surface area (Å²) in [7, 11) is 0. The molecule has 10 heavy (non-hydrogen) atoms. The van der Waals surface area contributed by atoms with Gasteiger partial charge >= 0.3 is 0 Å². The van der Waals surface area contributed by atoms with Crippen LogP contribution in [-0.2, 0) is 0 Å². The molecule has 0 amide bonds. The van der Waals surface area contributed by atoms with Crippen LogP contribution in [-0.4, -0.2) is 27.7 Å². The summed E-state index contributed by atoms with van der Waals surface area (Å²) in [5, 5.41) is 16.3. The van der Waals surface area contributed by atoms with Crippen molar-refractivity contribution in [2.45, 2.75) is 12.1 Å². The molecule has 4 nitrogen and oxygen atoms in total. The maximum Gasteiger partial charge on any atom is 0.276 e. The van der Waals surface area contributed by atoms with E-state index >= 15 is 0 Å². The number of aryl methyl sites for hydroxylation is 1. The van der Waals surface area contributed by atoms with E-state index in [4.69, 9.17) is 9.52 Å². The predicted octanol–water partition coefficient (Wildman–Crippen LogP) is 0.462. The number of hydrogen-bond acceptors (Lipinski definition) is 5. The zero-order chi connectivity index (χ0) is 7.40. The second kappa shape index (κ2) is 3.58. The third kappa shape index (κ3) is 2.00. The smallest absolute Gasteiger partial charge is 0.276 e. The molecule has 1 N–H and O–H groups in total. The summed E-state index contributed by atoms with van der Waals surface area (Å²) >= 11 is 1.35. The lowest BCUT2D eigenvalue weighted by Crippen LogP contribution is -1.84. The molecule has 0 aliphatic heterocycles. The highest BCUT2D eigenvalue weighted by atomic mass is 32.2. The first-order valence-corrected chi connectivity index (χ1v) is 3.85. The largest absolute Gasteiger partial charge is 0.416 e. The van der Waals surface area contributed by atoms with Gasteiger partial charge in [0.1, 0.15) is 0 Å². The van der Waals surface area contributed by atoms with Crippen molar-refractivity contribution in [1.29, 1.82) is 0 Å². The molecule has 5 heteroatoms. The Hall–Kier alpha value is -0.550. The van der Waals surface area contributed by atoms with E-state index in [2.05, 4.69) is 10.2 Å². The van der Waals surface area contributed by atoms with Gasteiger partial charge in [-0.2, -0.15) is 0 Å². The van der Waals surface area contributed by atoms with Gasteiger partial charge in [0.15, 0.2) is 0 Å². The quantitative estimate of drug-likeness (QED) is 0.651. The molecule has 1 aromatic heterocycles. The van der Waals surface area contributed by atoms with Gasteiger partial charge in [0.05, 0.1) is 6.61 Å². The van der Waals surface area contributed by atoms with Crippen molar-refractivity contribution in [2.75, 3.05) is 12.4 Å². The lowest BCUT2D eigenvalue weighted by Gasteiger charge is -1.87. The third-order valence-electron chi connectivity index (χ3n) is 0.824. The van der Waals surface area contributed by atoms with Crippen molar-refractivity contribution in [2.24, 2.45) is 0 Å². The first-order chi connectivity index (χ1) is 4.83. The Balaban J connectivity index is 2.42. The normalized spacial score (nSPS) is 10.2. The van der Waals surface area contributed by atoms with Gasteiger partial charge in [0.2, 0.25) is 5.89 Å². The monoisotopic (exact) mass is 160 g/mol. The molecule has 0 unspecified atom stereocenters. The molecule has 1 rings (SSSR count). The van der Waals surface area contributed by atoms with Gasteiger partial charge in [-0.3, -0.25) is 0 Å². The fraction of sp³-hybridized carbons (Fsp3) is 0.600. The summed E-state index contributed by atoms with van der Waals surface area (Å²) in [6.45, 7) is 1.86. The van der Waals surface area contributed by atoms with Gasteiger partial charge < -0.3 is 9.52 Å². The van der Waals surface area contributed by atoms with Crippen molar-refractivity contribution >= 4 is 11.8 Å². The molecule has 0 radical (unpaired) electrons. The van der Waals surface area contributed by atoms with Crippen LogP contribution in [0.1, 0.15) is 5.89 Å². The van der Waals surface area contributed by atoms with Crippen LogP contribution in [0.15, 0.2) is 9.64 Å². The Morgan fingerprint density at radius 2 is 2.40 bits per heavy atom. The van der Waals surface area contributed by atoms with Crippen LogP contribution in [0.2, 0.25) is 0 Å². The molecular formula is C5H8N2O2S. The Labute approximate surface area is 62.6 Å². The highest BCUT2D eigenvalue weighted by Crippen LogP contribution is 2.13. The second-order valence-corrected chi connectivity index (χ2v) is 2.71. The number of aliphatic hydroxyl groups is 1. The van der Waals surface area contributed by atoms with Crippen LogP contribution < -0.4 is 0 Å². The van der Waals surface area contributed by atoms with Crippen molar-refractivity contribution in [3.05, 3.63) is 5.89 Å². The predicted molar refractivity (Wildman–Crippen MR) is 36.8 cm³/mol. The fourth-order valence-electron chi connectivity index (χ4n) is 0.470. The molecule has 0 aliphatic rings. The molecule has 0 saturated heterocycles. The molecular weight excluding hydrogens is 152 g/mol. The van der Waals surface area contributed by atoms with E-state index in [1.165, 1.54) is 11.8 Å². The number of aliphatic hydroxyl groups excluding tert-OH is 1. The van der Waals surface area contributed by atoms with Crippen molar-refractivity contribution in [3.8, 4) is 0 Å².